The fourth-order valence-electron chi connectivity index (χ4n) is 2.47. The Labute approximate surface area is 113 Å². The Bertz CT molecular complexity index is 314. The lowest BCUT2D eigenvalue weighted by Gasteiger charge is -2.46. The van der Waals surface area contributed by atoms with Crippen LogP contribution in [0.2, 0.25) is 13.1 Å². The van der Waals surface area contributed by atoms with E-state index in [1.807, 2.05) is 0 Å². The molecule has 0 aromatic heterocycles. The van der Waals surface area contributed by atoms with Crippen LogP contribution in [0.4, 0.5) is 13.2 Å². The average Bonchev–Trinajstić information content (AvgIpc) is 2.11. The monoisotopic (exact) mass is 300 g/mol. The minimum absolute atomic E-state index is 0.0761. The molecule has 1 saturated heterocycles. The number of halogens is 3. The van der Waals surface area contributed by atoms with Gasteiger partial charge in [-0.15, -0.1) is 0 Å². The van der Waals surface area contributed by atoms with Crippen LogP contribution in [-0.4, -0.2) is 32.4 Å². The zero-order valence-corrected chi connectivity index (χ0v) is 13.2. The quantitative estimate of drug-likeness (QED) is 0.629. The van der Waals surface area contributed by atoms with Crippen molar-refractivity contribution in [1.29, 1.82) is 0 Å². The number of alkyl halides is 3. The Balaban J connectivity index is 2.95. The molecule has 3 nitrogen and oxygen atoms in total. The second-order valence-corrected chi connectivity index (χ2v) is 8.80. The van der Waals surface area contributed by atoms with Crippen molar-refractivity contribution >= 4 is 9.04 Å². The van der Waals surface area contributed by atoms with Crippen molar-refractivity contribution in [3.63, 3.8) is 0 Å². The maximum Gasteiger partial charge on any atom is 0.415 e. The lowest BCUT2D eigenvalue weighted by Crippen LogP contribution is -2.56. The van der Waals surface area contributed by atoms with Crippen molar-refractivity contribution in [3.8, 4) is 0 Å². The predicted molar refractivity (Wildman–Crippen MR) is 68.0 cm³/mol. The van der Waals surface area contributed by atoms with Crippen molar-refractivity contribution in [2.24, 2.45) is 11.3 Å². The van der Waals surface area contributed by atoms with E-state index in [0.717, 1.165) is 0 Å². The molecule has 19 heavy (non-hydrogen) atoms. The number of hydrogen-bond acceptors (Lipinski definition) is 3. The van der Waals surface area contributed by atoms with Gasteiger partial charge in [0.05, 0.1) is 0 Å². The molecular weight excluding hydrogens is 277 g/mol. The largest absolute Gasteiger partial charge is 0.415 e. The van der Waals surface area contributed by atoms with Gasteiger partial charge in [-0.3, -0.25) is 0 Å². The van der Waals surface area contributed by atoms with Gasteiger partial charge in [-0.1, -0.05) is 20.8 Å². The molecule has 0 radical (unpaired) electrons. The second kappa shape index (κ2) is 5.35. The molecule has 0 aliphatic carbocycles. The molecule has 1 aliphatic heterocycles. The van der Waals surface area contributed by atoms with Crippen LogP contribution in [0.15, 0.2) is 0 Å². The smallest absolute Gasteiger partial charge is 0.373 e. The highest BCUT2D eigenvalue weighted by molar-refractivity contribution is 6.48. The van der Waals surface area contributed by atoms with Crippen LogP contribution >= 0.6 is 0 Å². The van der Waals surface area contributed by atoms with E-state index in [1.165, 1.54) is 0 Å². The maximum atomic E-state index is 13.1. The summed E-state index contributed by atoms with van der Waals surface area (Å²) in [7, 11) is -1.70. The van der Waals surface area contributed by atoms with Crippen molar-refractivity contribution in [1.82, 2.24) is 0 Å². The van der Waals surface area contributed by atoms with Gasteiger partial charge in [-0.25, -0.2) is 0 Å². The van der Waals surface area contributed by atoms with Gasteiger partial charge in [0.15, 0.2) is 15.1 Å². The van der Waals surface area contributed by atoms with E-state index in [-0.39, 0.29) is 12.8 Å². The summed E-state index contributed by atoms with van der Waals surface area (Å²) in [6.45, 7) is 8.81. The first kappa shape index (κ1) is 16.9. The summed E-state index contributed by atoms with van der Waals surface area (Å²) >= 11 is 0. The zero-order chi connectivity index (χ0) is 15.1. The Morgan fingerprint density at radius 1 is 1.26 bits per heavy atom. The van der Waals surface area contributed by atoms with E-state index in [1.54, 1.807) is 33.9 Å². The summed E-state index contributed by atoms with van der Waals surface area (Å²) in [5.74, 6) is -2.77. The van der Waals surface area contributed by atoms with Gasteiger partial charge < -0.3 is 14.3 Å². The summed E-state index contributed by atoms with van der Waals surface area (Å²) in [6, 6.07) is 0. The topological polar surface area (TPSA) is 38.7 Å². The van der Waals surface area contributed by atoms with Crippen LogP contribution < -0.4 is 0 Å². The molecule has 3 atom stereocenters. The first-order chi connectivity index (χ1) is 8.35. The highest BCUT2D eigenvalue weighted by atomic mass is 28.3. The standard InChI is InChI=1S/C12H23F3O3Si/c1-10(2,3)8-6-7-11(16,18-19(4)5)17-9(8)12(13,14)15/h8-9,16,19H,6-7H2,1-5H3/t8-,9+,11?/m0/s1. The van der Waals surface area contributed by atoms with E-state index in [9.17, 15) is 18.3 Å². The van der Waals surface area contributed by atoms with E-state index < -0.39 is 38.6 Å². The molecule has 1 heterocycles. The van der Waals surface area contributed by atoms with Crippen LogP contribution in [0.5, 0.6) is 0 Å². The zero-order valence-electron chi connectivity index (χ0n) is 12.0. The summed E-state index contributed by atoms with van der Waals surface area (Å²) in [5.41, 5.74) is -0.545. The van der Waals surface area contributed by atoms with Crippen LogP contribution in [0.25, 0.3) is 0 Å². The Morgan fingerprint density at radius 2 is 1.79 bits per heavy atom. The molecule has 1 aliphatic rings. The van der Waals surface area contributed by atoms with Gasteiger partial charge in [0.1, 0.15) is 0 Å². The predicted octanol–water partition coefficient (Wildman–Crippen LogP) is 3.04. The molecule has 1 unspecified atom stereocenters. The Hall–Kier alpha value is -0.113. The first-order valence-corrected chi connectivity index (χ1v) is 9.28. The van der Waals surface area contributed by atoms with Crippen molar-refractivity contribution in [2.45, 2.75) is 65.0 Å². The fourth-order valence-corrected chi connectivity index (χ4v) is 3.38. The van der Waals surface area contributed by atoms with E-state index in [0.29, 0.717) is 0 Å². The normalized spacial score (nSPS) is 33.8. The van der Waals surface area contributed by atoms with Crippen LogP contribution in [0, 0.1) is 11.3 Å². The summed E-state index contributed by atoms with van der Waals surface area (Å²) in [4.78, 5) is 0. The molecule has 7 heteroatoms. The van der Waals surface area contributed by atoms with Gasteiger partial charge in [-0.2, -0.15) is 13.2 Å². The van der Waals surface area contributed by atoms with Crippen molar-refractivity contribution in [2.75, 3.05) is 0 Å². The molecule has 0 spiro atoms. The summed E-state index contributed by atoms with van der Waals surface area (Å²) in [5, 5.41) is 10.0. The summed E-state index contributed by atoms with van der Waals surface area (Å²) < 4.78 is 49.5. The molecule has 1 rings (SSSR count). The minimum atomic E-state index is -4.51. The highest BCUT2D eigenvalue weighted by Crippen LogP contribution is 2.46. The van der Waals surface area contributed by atoms with Gasteiger partial charge in [0.25, 0.3) is 5.97 Å². The first-order valence-electron chi connectivity index (χ1n) is 6.50. The molecule has 0 saturated carbocycles. The van der Waals surface area contributed by atoms with Crippen LogP contribution in [-0.2, 0) is 9.16 Å². The third-order valence-corrected chi connectivity index (χ3v) is 4.14. The SMILES string of the molecule is C[SiH](C)OC1(O)CC[C@H](C(C)(C)C)[C@H](C(F)(F)F)O1. The Morgan fingerprint density at radius 3 is 2.16 bits per heavy atom. The fraction of sp³-hybridized carbons (Fsp3) is 1.00. The summed E-state index contributed by atoms with van der Waals surface area (Å²) in [6.07, 6.45) is -6.19. The lowest BCUT2D eigenvalue weighted by molar-refractivity contribution is -0.409. The molecular formula is C12H23F3O3Si. The molecule has 0 aromatic rings. The van der Waals surface area contributed by atoms with Gasteiger partial charge in [-0.05, 0) is 30.8 Å². The number of aliphatic hydroxyl groups is 1. The molecule has 0 bridgehead atoms. The van der Waals surface area contributed by atoms with Crippen molar-refractivity contribution in [3.05, 3.63) is 0 Å². The molecule has 0 amide bonds. The Kier molecular flexibility index (Phi) is 4.77. The minimum Gasteiger partial charge on any atom is -0.373 e. The van der Waals surface area contributed by atoms with Crippen LogP contribution in [0.3, 0.4) is 0 Å². The molecule has 1 N–H and O–H groups in total. The number of hydrogen-bond donors (Lipinski definition) is 1. The van der Waals surface area contributed by atoms with E-state index in [2.05, 4.69) is 0 Å². The van der Waals surface area contributed by atoms with E-state index >= 15 is 0 Å². The number of rotatable bonds is 2. The van der Waals surface area contributed by atoms with Gasteiger partial charge >= 0.3 is 6.18 Å². The molecule has 1 fully saturated rings. The second-order valence-electron chi connectivity index (χ2n) is 6.47. The lowest BCUT2D eigenvalue weighted by atomic mass is 9.73. The highest BCUT2D eigenvalue weighted by Gasteiger charge is 2.56. The maximum absolute atomic E-state index is 13.1. The third kappa shape index (κ3) is 4.44. The van der Waals surface area contributed by atoms with E-state index in [4.69, 9.17) is 9.16 Å². The van der Waals surface area contributed by atoms with Gasteiger partial charge in [0.2, 0.25) is 0 Å². The number of ether oxygens (including phenoxy) is 1. The molecule has 114 valence electrons. The third-order valence-electron chi connectivity index (χ3n) is 3.30. The average molecular weight is 300 g/mol. The van der Waals surface area contributed by atoms with Crippen molar-refractivity contribution < 1.29 is 27.4 Å². The van der Waals surface area contributed by atoms with Gasteiger partial charge in [0, 0.05) is 6.42 Å². The van der Waals surface area contributed by atoms with Crippen LogP contribution in [0.1, 0.15) is 33.6 Å². The molecule has 0 aromatic carbocycles.